The summed E-state index contributed by atoms with van der Waals surface area (Å²) in [5, 5.41) is 20.9. The molecule has 5 atom stereocenters. The van der Waals surface area contributed by atoms with Crippen LogP contribution in [0.4, 0.5) is 0 Å². The predicted octanol–water partition coefficient (Wildman–Crippen LogP) is 6.26. The van der Waals surface area contributed by atoms with Crippen molar-refractivity contribution in [3.8, 4) is 0 Å². The van der Waals surface area contributed by atoms with Crippen molar-refractivity contribution in [2.75, 3.05) is 0 Å². The maximum absolute atomic E-state index is 10.5. The van der Waals surface area contributed by atoms with E-state index >= 15 is 0 Å². The average Bonchev–Trinajstić information content (AvgIpc) is 2.98. The molecule has 3 unspecified atom stereocenters. The fraction of sp³-hybridized carbons (Fsp3) is 0.917. The van der Waals surface area contributed by atoms with E-state index in [-0.39, 0.29) is 17.6 Å². The SMILES string of the molecule is CC1CC=C(C(O)CCC(C)(C)CCC[C@H](O)C[C@H]2CCC(C)C2)CC1. The van der Waals surface area contributed by atoms with E-state index in [0.717, 1.165) is 69.1 Å². The van der Waals surface area contributed by atoms with Gasteiger partial charge in [0.2, 0.25) is 0 Å². The molecular formula is C24H44O2. The van der Waals surface area contributed by atoms with Crippen molar-refractivity contribution in [1.29, 1.82) is 0 Å². The summed E-state index contributed by atoms with van der Waals surface area (Å²) in [4.78, 5) is 0. The molecule has 0 saturated heterocycles. The number of allylic oxidation sites excluding steroid dienone is 1. The fourth-order valence-corrected chi connectivity index (χ4v) is 4.98. The van der Waals surface area contributed by atoms with E-state index in [2.05, 4.69) is 33.8 Å². The highest BCUT2D eigenvalue weighted by Crippen LogP contribution is 2.35. The van der Waals surface area contributed by atoms with Crippen LogP contribution in [0.5, 0.6) is 0 Å². The van der Waals surface area contributed by atoms with Crippen LogP contribution in [0.25, 0.3) is 0 Å². The molecule has 0 radical (unpaired) electrons. The Hall–Kier alpha value is -0.340. The minimum atomic E-state index is -0.239. The molecule has 0 aromatic heterocycles. The zero-order chi connectivity index (χ0) is 19.2. The van der Waals surface area contributed by atoms with E-state index in [4.69, 9.17) is 0 Å². The molecule has 2 nitrogen and oxygen atoms in total. The lowest BCUT2D eigenvalue weighted by atomic mass is 9.79. The molecule has 2 rings (SSSR count). The van der Waals surface area contributed by atoms with E-state index in [0.29, 0.717) is 0 Å². The van der Waals surface area contributed by atoms with Gasteiger partial charge in [-0.15, -0.1) is 0 Å². The van der Waals surface area contributed by atoms with Gasteiger partial charge < -0.3 is 10.2 Å². The molecule has 2 heteroatoms. The van der Waals surface area contributed by atoms with E-state index in [1.54, 1.807) is 0 Å². The van der Waals surface area contributed by atoms with Crippen LogP contribution in [0.3, 0.4) is 0 Å². The molecule has 152 valence electrons. The van der Waals surface area contributed by atoms with Gasteiger partial charge in [-0.2, -0.15) is 0 Å². The molecule has 0 aliphatic heterocycles. The molecule has 0 aromatic rings. The highest BCUT2D eigenvalue weighted by atomic mass is 16.3. The monoisotopic (exact) mass is 364 g/mol. The molecular weight excluding hydrogens is 320 g/mol. The molecule has 26 heavy (non-hydrogen) atoms. The van der Waals surface area contributed by atoms with Crippen LogP contribution < -0.4 is 0 Å². The van der Waals surface area contributed by atoms with Gasteiger partial charge in [0.1, 0.15) is 0 Å². The Balaban J connectivity index is 1.61. The van der Waals surface area contributed by atoms with Crippen molar-refractivity contribution >= 4 is 0 Å². The summed E-state index contributed by atoms with van der Waals surface area (Å²) in [6, 6.07) is 0. The van der Waals surface area contributed by atoms with Crippen LogP contribution in [0.1, 0.15) is 105 Å². The minimum absolute atomic E-state index is 0.110. The molecule has 0 aromatic carbocycles. The number of aliphatic hydroxyl groups is 2. The first-order valence-corrected chi connectivity index (χ1v) is 11.3. The van der Waals surface area contributed by atoms with Gasteiger partial charge in [-0.25, -0.2) is 0 Å². The fourth-order valence-electron chi connectivity index (χ4n) is 4.98. The Labute approximate surface area is 162 Å². The second-order valence-electron chi connectivity index (χ2n) is 10.4. The predicted molar refractivity (Wildman–Crippen MR) is 111 cm³/mol. The summed E-state index contributed by atoms with van der Waals surface area (Å²) in [7, 11) is 0. The first-order chi connectivity index (χ1) is 12.2. The van der Waals surface area contributed by atoms with E-state index in [1.165, 1.54) is 31.3 Å². The van der Waals surface area contributed by atoms with Crippen LogP contribution >= 0.6 is 0 Å². The normalized spacial score (nSPS) is 29.5. The quantitative estimate of drug-likeness (QED) is 0.449. The maximum Gasteiger partial charge on any atom is 0.0750 e. The molecule has 2 aliphatic carbocycles. The van der Waals surface area contributed by atoms with Crippen molar-refractivity contribution in [3.63, 3.8) is 0 Å². The van der Waals surface area contributed by atoms with Gasteiger partial charge in [-0.3, -0.25) is 0 Å². The van der Waals surface area contributed by atoms with Crippen LogP contribution in [0, 0.1) is 23.2 Å². The number of hydrogen-bond acceptors (Lipinski definition) is 2. The Morgan fingerprint density at radius 2 is 1.81 bits per heavy atom. The summed E-state index contributed by atoms with van der Waals surface area (Å²) >= 11 is 0. The zero-order valence-electron chi connectivity index (χ0n) is 17.8. The molecule has 1 saturated carbocycles. The summed E-state index contributed by atoms with van der Waals surface area (Å²) < 4.78 is 0. The van der Waals surface area contributed by atoms with Gasteiger partial charge in [0.15, 0.2) is 0 Å². The third-order valence-electron chi connectivity index (χ3n) is 7.03. The van der Waals surface area contributed by atoms with Crippen molar-refractivity contribution in [2.45, 2.75) is 117 Å². The molecule has 0 bridgehead atoms. The van der Waals surface area contributed by atoms with Gasteiger partial charge in [-0.05, 0) is 86.5 Å². The van der Waals surface area contributed by atoms with E-state index in [9.17, 15) is 10.2 Å². The van der Waals surface area contributed by atoms with Crippen molar-refractivity contribution in [2.24, 2.45) is 23.2 Å². The van der Waals surface area contributed by atoms with Crippen LogP contribution in [-0.2, 0) is 0 Å². The van der Waals surface area contributed by atoms with E-state index < -0.39 is 0 Å². The lowest BCUT2D eigenvalue weighted by molar-refractivity contribution is 0.121. The minimum Gasteiger partial charge on any atom is -0.393 e. The van der Waals surface area contributed by atoms with Gasteiger partial charge >= 0.3 is 0 Å². The number of hydrogen-bond donors (Lipinski definition) is 2. The number of rotatable bonds is 10. The van der Waals surface area contributed by atoms with E-state index in [1.807, 2.05) is 0 Å². The van der Waals surface area contributed by atoms with Crippen molar-refractivity contribution in [3.05, 3.63) is 11.6 Å². The Kier molecular flexibility index (Phi) is 8.67. The van der Waals surface area contributed by atoms with Gasteiger partial charge in [0.25, 0.3) is 0 Å². The van der Waals surface area contributed by atoms with Gasteiger partial charge in [-0.1, -0.05) is 53.0 Å². The highest BCUT2D eigenvalue weighted by molar-refractivity contribution is 5.11. The maximum atomic E-state index is 10.5. The second-order valence-corrected chi connectivity index (χ2v) is 10.4. The zero-order valence-corrected chi connectivity index (χ0v) is 17.8. The molecule has 0 heterocycles. The first kappa shape index (κ1) is 22.0. The third kappa shape index (κ3) is 7.72. The van der Waals surface area contributed by atoms with Crippen molar-refractivity contribution in [1.82, 2.24) is 0 Å². The molecule has 0 amide bonds. The van der Waals surface area contributed by atoms with Crippen LogP contribution in [-0.4, -0.2) is 22.4 Å². The Morgan fingerprint density at radius 3 is 2.42 bits per heavy atom. The van der Waals surface area contributed by atoms with Crippen molar-refractivity contribution < 1.29 is 10.2 Å². The Bertz CT molecular complexity index is 439. The van der Waals surface area contributed by atoms with Gasteiger partial charge in [0.05, 0.1) is 12.2 Å². The summed E-state index contributed by atoms with van der Waals surface area (Å²) in [6.07, 6.45) is 15.5. The Morgan fingerprint density at radius 1 is 1.04 bits per heavy atom. The summed E-state index contributed by atoms with van der Waals surface area (Å²) in [5.74, 6) is 2.40. The second kappa shape index (κ2) is 10.3. The van der Waals surface area contributed by atoms with Gasteiger partial charge in [0, 0.05) is 0 Å². The molecule has 0 spiro atoms. The number of aliphatic hydroxyl groups excluding tert-OH is 2. The van der Waals surface area contributed by atoms with Crippen LogP contribution in [0.15, 0.2) is 11.6 Å². The smallest absolute Gasteiger partial charge is 0.0750 e. The lowest BCUT2D eigenvalue weighted by Crippen LogP contribution is -2.20. The molecule has 2 aliphatic rings. The molecule has 1 fully saturated rings. The summed E-state index contributed by atoms with van der Waals surface area (Å²) in [5.41, 5.74) is 1.53. The summed E-state index contributed by atoms with van der Waals surface area (Å²) in [6.45, 7) is 9.28. The highest BCUT2D eigenvalue weighted by Gasteiger charge is 2.25. The van der Waals surface area contributed by atoms with Crippen LogP contribution in [0.2, 0.25) is 0 Å². The third-order valence-corrected chi connectivity index (χ3v) is 7.03. The largest absolute Gasteiger partial charge is 0.393 e. The average molecular weight is 365 g/mol. The standard InChI is InChI=1S/C24H44O2/c1-18-8-11-21(12-9-18)23(26)13-15-24(3,4)14-5-6-22(25)17-20-10-7-19(2)16-20/h11,18-20,22-23,25-26H,5-10,12-17H2,1-4H3/t18?,19?,20-,22-,23?/m0/s1. The molecule has 2 N–H and O–H groups in total. The lowest BCUT2D eigenvalue weighted by Gasteiger charge is -2.28. The first-order valence-electron chi connectivity index (χ1n) is 11.3. The topological polar surface area (TPSA) is 40.5 Å².